The fourth-order valence-corrected chi connectivity index (χ4v) is 2.06. The van der Waals surface area contributed by atoms with Crippen LogP contribution in [0.5, 0.6) is 0 Å². The quantitative estimate of drug-likeness (QED) is 0.886. The number of nitrogens with one attached hydrogen (secondary N) is 1. The van der Waals surface area contributed by atoms with Crippen LogP contribution in [0.1, 0.15) is 12.7 Å². The van der Waals surface area contributed by atoms with E-state index in [-0.39, 0.29) is 5.82 Å². The van der Waals surface area contributed by atoms with E-state index in [9.17, 15) is 4.39 Å². The highest BCUT2D eigenvalue weighted by atomic mass is 19.1. The Hall–Kier alpha value is -2.21. The van der Waals surface area contributed by atoms with Gasteiger partial charge < -0.3 is 15.0 Å². The second kappa shape index (κ2) is 6.99. The van der Waals surface area contributed by atoms with E-state index in [1.165, 1.54) is 12.1 Å². The van der Waals surface area contributed by atoms with Gasteiger partial charge in [-0.15, -0.1) is 0 Å². The maximum atomic E-state index is 13.4. The van der Waals surface area contributed by atoms with Gasteiger partial charge in [-0.3, -0.25) is 0 Å². The molecule has 0 aliphatic carbocycles. The van der Waals surface area contributed by atoms with Crippen LogP contribution in [0.15, 0.2) is 30.3 Å². The number of halogens is 1. The minimum absolute atomic E-state index is 0.272. The van der Waals surface area contributed by atoms with Crippen LogP contribution in [0, 0.1) is 5.82 Å². The average Bonchev–Trinajstić information content (AvgIpc) is 2.48. The smallest absolute Gasteiger partial charge is 0.158 e. The van der Waals surface area contributed by atoms with Crippen LogP contribution in [0.3, 0.4) is 0 Å². The van der Waals surface area contributed by atoms with Crippen molar-refractivity contribution in [1.29, 1.82) is 0 Å². The van der Waals surface area contributed by atoms with Crippen LogP contribution in [-0.2, 0) is 11.3 Å². The van der Waals surface area contributed by atoms with E-state index in [4.69, 9.17) is 4.74 Å². The van der Waals surface area contributed by atoms with E-state index in [0.29, 0.717) is 30.6 Å². The zero-order chi connectivity index (χ0) is 15.2. The second-order valence-corrected chi connectivity index (χ2v) is 4.43. The number of benzene rings is 1. The molecule has 1 aromatic heterocycles. The van der Waals surface area contributed by atoms with E-state index in [1.54, 1.807) is 20.2 Å². The Kier molecular flexibility index (Phi) is 5.05. The van der Waals surface area contributed by atoms with Gasteiger partial charge in [-0.25, -0.2) is 14.4 Å². The van der Waals surface area contributed by atoms with Crippen molar-refractivity contribution in [3.8, 4) is 0 Å². The van der Waals surface area contributed by atoms with Gasteiger partial charge in [0.15, 0.2) is 5.82 Å². The van der Waals surface area contributed by atoms with E-state index < -0.39 is 0 Å². The molecule has 0 bridgehead atoms. The molecule has 0 unspecified atom stereocenters. The van der Waals surface area contributed by atoms with E-state index in [0.717, 1.165) is 5.69 Å². The summed E-state index contributed by atoms with van der Waals surface area (Å²) in [5, 5.41) is 3.00. The predicted molar refractivity (Wildman–Crippen MR) is 81.4 cm³/mol. The molecule has 112 valence electrons. The molecule has 0 saturated heterocycles. The maximum Gasteiger partial charge on any atom is 0.158 e. The number of aromatic nitrogens is 2. The normalized spacial score (nSPS) is 10.5. The van der Waals surface area contributed by atoms with Crippen molar-refractivity contribution in [3.05, 3.63) is 42.0 Å². The van der Waals surface area contributed by atoms with E-state index in [2.05, 4.69) is 15.3 Å². The summed E-state index contributed by atoms with van der Waals surface area (Å²) in [4.78, 5) is 10.7. The minimum Gasteiger partial charge on any atom is -0.377 e. The first kappa shape index (κ1) is 15.2. The molecular formula is C15H19FN4O. The lowest BCUT2D eigenvalue weighted by molar-refractivity contribution is 0.178. The Bertz CT molecular complexity index is 606. The van der Waals surface area contributed by atoms with Crippen molar-refractivity contribution in [2.75, 3.05) is 30.9 Å². The number of anilines is 3. The van der Waals surface area contributed by atoms with Gasteiger partial charge in [-0.1, -0.05) is 6.07 Å². The molecule has 0 aliphatic heterocycles. The van der Waals surface area contributed by atoms with Crippen molar-refractivity contribution in [2.24, 2.45) is 0 Å². The van der Waals surface area contributed by atoms with Crippen LogP contribution in [-0.4, -0.2) is 30.7 Å². The van der Waals surface area contributed by atoms with Gasteiger partial charge in [0.25, 0.3) is 0 Å². The molecule has 2 aromatic rings. The van der Waals surface area contributed by atoms with E-state index in [1.807, 2.05) is 24.0 Å². The third-order valence-corrected chi connectivity index (χ3v) is 3.00. The Balaban J connectivity index is 2.43. The van der Waals surface area contributed by atoms with Gasteiger partial charge in [0.1, 0.15) is 24.1 Å². The highest BCUT2D eigenvalue weighted by Crippen LogP contribution is 2.25. The molecule has 0 saturated carbocycles. The summed E-state index contributed by atoms with van der Waals surface area (Å²) >= 11 is 0. The summed E-state index contributed by atoms with van der Waals surface area (Å²) < 4.78 is 18.5. The van der Waals surface area contributed by atoms with Gasteiger partial charge in [0.05, 0.1) is 0 Å². The lowest BCUT2D eigenvalue weighted by Crippen LogP contribution is -2.19. The number of methoxy groups -OCH3 is 1. The van der Waals surface area contributed by atoms with Crippen LogP contribution in [0.2, 0.25) is 0 Å². The molecule has 1 N–H and O–H groups in total. The second-order valence-electron chi connectivity index (χ2n) is 4.43. The Morgan fingerprint density at radius 1 is 1.29 bits per heavy atom. The van der Waals surface area contributed by atoms with Crippen LogP contribution >= 0.6 is 0 Å². The largest absolute Gasteiger partial charge is 0.377 e. The standard InChI is InChI=1S/C15H19FN4O/c1-4-20(12-7-5-6-11(16)8-12)15-9-13(17-2)18-14(19-15)10-21-3/h5-9H,4,10H2,1-3H3,(H,17,18,19). The molecule has 2 rings (SSSR count). The molecule has 21 heavy (non-hydrogen) atoms. The lowest BCUT2D eigenvalue weighted by Gasteiger charge is -2.23. The summed E-state index contributed by atoms with van der Waals surface area (Å²) in [5.41, 5.74) is 0.751. The summed E-state index contributed by atoms with van der Waals surface area (Å²) in [6, 6.07) is 8.27. The van der Waals surface area contributed by atoms with Gasteiger partial charge in [-0.2, -0.15) is 0 Å². The van der Waals surface area contributed by atoms with E-state index >= 15 is 0 Å². The molecule has 5 nitrogen and oxygen atoms in total. The number of ether oxygens (including phenoxy) is 1. The third-order valence-electron chi connectivity index (χ3n) is 3.00. The van der Waals surface area contributed by atoms with Crippen LogP contribution < -0.4 is 10.2 Å². The van der Waals surface area contributed by atoms with Crippen molar-refractivity contribution >= 4 is 17.3 Å². The van der Waals surface area contributed by atoms with Gasteiger partial charge in [0, 0.05) is 32.5 Å². The van der Waals surface area contributed by atoms with Crippen molar-refractivity contribution in [2.45, 2.75) is 13.5 Å². The summed E-state index contributed by atoms with van der Waals surface area (Å²) in [5.74, 6) is 1.71. The predicted octanol–water partition coefficient (Wildman–Crippen LogP) is 2.96. The van der Waals surface area contributed by atoms with Gasteiger partial charge in [0.2, 0.25) is 0 Å². The molecule has 0 amide bonds. The van der Waals surface area contributed by atoms with Crippen molar-refractivity contribution < 1.29 is 9.13 Å². The maximum absolute atomic E-state index is 13.4. The SMILES string of the molecule is CCN(c1cccc(F)c1)c1cc(NC)nc(COC)n1. The molecule has 0 aliphatic rings. The Labute approximate surface area is 123 Å². The zero-order valence-corrected chi connectivity index (χ0v) is 12.4. The number of hydrogen-bond acceptors (Lipinski definition) is 5. The first-order valence-electron chi connectivity index (χ1n) is 6.75. The Morgan fingerprint density at radius 2 is 2.10 bits per heavy atom. The molecule has 0 spiro atoms. The number of nitrogens with zero attached hydrogens (tertiary/aromatic N) is 3. The number of hydrogen-bond donors (Lipinski definition) is 1. The van der Waals surface area contributed by atoms with Crippen molar-refractivity contribution in [3.63, 3.8) is 0 Å². The van der Waals surface area contributed by atoms with Crippen LogP contribution in [0.25, 0.3) is 0 Å². The average molecular weight is 290 g/mol. The first-order valence-corrected chi connectivity index (χ1v) is 6.75. The Morgan fingerprint density at radius 3 is 2.71 bits per heavy atom. The first-order chi connectivity index (χ1) is 10.2. The molecule has 0 radical (unpaired) electrons. The van der Waals surface area contributed by atoms with Crippen LogP contribution in [0.4, 0.5) is 21.7 Å². The summed E-state index contributed by atoms with van der Waals surface area (Å²) in [6.45, 7) is 2.97. The molecule has 1 aromatic carbocycles. The van der Waals surface area contributed by atoms with Gasteiger partial charge >= 0.3 is 0 Å². The molecule has 1 heterocycles. The van der Waals surface area contributed by atoms with Gasteiger partial charge in [-0.05, 0) is 25.1 Å². The highest BCUT2D eigenvalue weighted by molar-refractivity contribution is 5.62. The summed E-state index contributed by atoms with van der Waals surface area (Å²) in [6.07, 6.45) is 0. The molecule has 0 fully saturated rings. The zero-order valence-electron chi connectivity index (χ0n) is 12.4. The number of rotatable bonds is 6. The molecular weight excluding hydrogens is 271 g/mol. The summed E-state index contributed by atoms with van der Waals surface area (Å²) in [7, 11) is 3.39. The third kappa shape index (κ3) is 3.66. The topological polar surface area (TPSA) is 50.3 Å². The minimum atomic E-state index is -0.272. The highest BCUT2D eigenvalue weighted by Gasteiger charge is 2.12. The molecule has 6 heteroatoms. The monoisotopic (exact) mass is 290 g/mol. The lowest BCUT2D eigenvalue weighted by atomic mass is 10.2. The molecule has 0 atom stereocenters. The fourth-order valence-electron chi connectivity index (χ4n) is 2.06. The van der Waals surface area contributed by atoms with Crippen molar-refractivity contribution in [1.82, 2.24) is 9.97 Å². The fraction of sp³-hybridized carbons (Fsp3) is 0.333.